The minimum absolute atomic E-state index is 0.117. The summed E-state index contributed by atoms with van der Waals surface area (Å²) in [6.45, 7) is 3.61. The summed E-state index contributed by atoms with van der Waals surface area (Å²) in [6, 6.07) is 10.0. The first-order valence-electron chi connectivity index (χ1n) is 6.69. The maximum absolute atomic E-state index is 13.0. The highest BCUT2D eigenvalue weighted by Crippen LogP contribution is 2.34. The van der Waals surface area contributed by atoms with Crippen molar-refractivity contribution in [2.24, 2.45) is 0 Å². The zero-order chi connectivity index (χ0) is 15.6. The van der Waals surface area contributed by atoms with Gasteiger partial charge in [0.25, 0.3) is 0 Å². The normalized spacial score (nSPS) is 13.2. The molecule has 0 amide bonds. The van der Waals surface area contributed by atoms with E-state index in [4.69, 9.17) is 0 Å². The fourth-order valence-corrected chi connectivity index (χ4v) is 2.41. The molecule has 0 spiro atoms. The molecule has 0 bridgehead atoms. The van der Waals surface area contributed by atoms with Crippen LogP contribution in [0.25, 0.3) is 0 Å². The molecule has 0 N–H and O–H groups in total. The molecule has 0 aliphatic heterocycles. The Kier molecular flexibility index (Phi) is 4.35. The van der Waals surface area contributed by atoms with Gasteiger partial charge in [-0.05, 0) is 48.6 Å². The predicted octanol–water partition coefficient (Wildman–Crippen LogP) is 5.50. The largest absolute Gasteiger partial charge is 0.416 e. The first kappa shape index (κ1) is 15.5. The van der Waals surface area contributed by atoms with Crippen molar-refractivity contribution in [1.29, 1.82) is 0 Å². The second-order valence-corrected chi connectivity index (χ2v) is 5.32. The van der Waals surface area contributed by atoms with Gasteiger partial charge in [0.2, 0.25) is 0 Å². The van der Waals surface area contributed by atoms with Crippen LogP contribution in [-0.4, -0.2) is 0 Å². The molecule has 0 saturated heterocycles. The highest BCUT2D eigenvalue weighted by atomic mass is 19.4. The average molecular weight is 296 g/mol. The van der Waals surface area contributed by atoms with Gasteiger partial charge in [-0.25, -0.2) is 4.39 Å². The standard InChI is InChI=1S/C17H16F4/c1-11-3-8-16(17(19,20)21)14(9-11)10-12(2)13-4-6-15(18)7-5-13/h3-9,12H,10H2,1-2H3. The molecule has 4 heteroatoms. The van der Waals surface area contributed by atoms with Crippen molar-refractivity contribution in [3.63, 3.8) is 0 Å². The van der Waals surface area contributed by atoms with Crippen molar-refractivity contribution in [3.05, 3.63) is 70.5 Å². The van der Waals surface area contributed by atoms with Crippen molar-refractivity contribution in [2.45, 2.75) is 32.4 Å². The molecule has 21 heavy (non-hydrogen) atoms. The molecule has 2 aromatic carbocycles. The van der Waals surface area contributed by atoms with Crippen LogP contribution in [0.15, 0.2) is 42.5 Å². The highest BCUT2D eigenvalue weighted by Gasteiger charge is 2.33. The van der Waals surface area contributed by atoms with E-state index in [0.29, 0.717) is 0 Å². The number of hydrogen-bond acceptors (Lipinski definition) is 0. The molecular formula is C17H16F4. The Balaban J connectivity index is 2.30. The lowest BCUT2D eigenvalue weighted by molar-refractivity contribution is -0.138. The van der Waals surface area contributed by atoms with Gasteiger partial charge in [-0.15, -0.1) is 0 Å². The molecule has 0 aromatic heterocycles. The van der Waals surface area contributed by atoms with Crippen LogP contribution in [0.1, 0.15) is 35.1 Å². The van der Waals surface area contributed by atoms with Crippen LogP contribution < -0.4 is 0 Å². The number of benzene rings is 2. The van der Waals surface area contributed by atoms with E-state index < -0.39 is 11.7 Å². The fourth-order valence-electron chi connectivity index (χ4n) is 2.41. The van der Waals surface area contributed by atoms with E-state index in [1.807, 2.05) is 6.92 Å². The topological polar surface area (TPSA) is 0 Å². The molecule has 0 heterocycles. The Labute approximate surface area is 121 Å². The monoisotopic (exact) mass is 296 g/mol. The van der Waals surface area contributed by atoms with E-state index in [9.17, 15) is 17.6 Å². The Morgan fingerprint density at radius 1 is 1.00 bits per heavy atom. The first-order chi connectivity index (χ1) is 9.77. The molecule has 2 rings (SSSR count). The predicted molar refractivity (Wildman–Crippen MR) is 74.7 cm³/mol. The van der Waals surface area contributed by atoms with Crippen LogP contribution in [0.2, 0.25) is 0 Å². The van der Waals surface area contributed by atoms with Crippen LogP contribution in [0.5, 0.6) is 0 Å². The Hall–Kier alpha value is -1.84. The summed E-state index contributed by atoms with van der Waals surface area (Å²) in [7, 11) is 0. The summed E-state index contributed by atoms with van der Waals surface area (Å²) in [4.78, 5) is 0. The SMILES string of the molecule is Cc1ccc(C(F)(F)F)c(CC(C)c2ccc(F)cc2)c1. The van der Waals surface area contributed by atoms with Gasteiger partial charge in [0, 0.05) is 0 Å². The molecule has 0 aliphatic carbocycles. The van der Waals surface area contributed by atoms with Crippen LogP contribution >= 0.6 is 0 Å². The molecule has 1 unspecified atom stereocenters. The van der Waals surface area contributed by atoms with Gasteiger partial charge in [0.15, 0.2) is 0 Å². The Morgan fingerprint density at radius 2 is 1.62 bits per heavy atom. The maximum Gasteiger partial charge on any atom is 0.416 e. The summed E-state index contributed by atoms with van der Waals surface area (Å²) in [6.07, 6.45) is -4.09. The Morgan fingerprint density at radius 3 is 2.19 bits per heavy atom. The molecule has 0 aliphatic rings. The number of halogens is 4. The van der Waals surface area contributed by atoms with Gasteiger partial charge in [0.05, 0.1) is 5.56 Å². The van der Waals surface area contributed by atoms with Gasteiger partial charge in [-0.2, -0.15) is 13.2 Å². The third-order valence-corrected chi connectivity index (χ3v) is 3.53. The van der Waals surface area contributed by atoms with E-state index in [-0.39, 0.29) is 23.7 Å². The second kappa shape index (κ2) is 5.88. The lowest BCUT2D eigenvalue weighted by atomic mass is 9.90. The fraction of sp³-hybridized carbons (Fsp3) is 0.294. The molecule has 0 fully saturated rings. The molecule has 0 nitrogen and oxygen atoms in total. The molecule has 0 radical (unpaired) electrons. The summed E-state index contributed by atoms with van der Waals surface area (Å²) >= 11 is 0. The second-order valence-electron chi connectivity index (χ2n) is 5.32. The lowest BCUT2D eigenvalue weighted by Gasteiger charge is -2.17. The van der Waals surface area contributed by atoms with Gasteiger partial charge >= 0.3 is 6.18 Å². The van der Waals surface area contributed by atoms with E-state index >= 15 is 0 Å². The number of rotatable bonds is 3. The minimum Gasteiger partial charge on any atom is -0.207 e. The molecular weight excluding hydrogens is 280 g/mol. The van der Waals surface area contributed by atoms with E-state index in [0.717, 1.165) is 17.2 Å². The number of alkyl halides is 3. The van der Waals surface area contributed by atoms with Gasteiger partial charge < -0.3 is 0 Å². The third-order valence-electron chi connectivity index (χ3n) is 3.53. The van der Waals surface area contributed by atoms with Crippen LogP contribution in [-0.2, 0) is 12.6 Å². The number of hydrogen-bond donors (Lipinski definition) is 0. The average Bonchev–Trinajstić information content (AvgIpc) is 2.38. The maximum atomic E-state index is 13.0. The summed E-state index contributed by atoms with van der Waals surface area (Å²) in [5, 5.41) is 0. The summed E-state index contributed by atoms with van der Waals surface area (Å²) < 4.78 is 52.0. The van der Waals surface area contributed by atoms with Crippen molar-refractivity contribution >= 4 is 0 Å². The minimum atomic E-state index is -4.36. The van der Waals surface area contributed by atoms with Gasteiger partial charge in [-0.3, -0.25) is 0 Å². The molecule has 2 aromatic rings. The van der Waals surface area contributed by atoms with E-state index in [1.54, 1.807) is 25.1 Å². The van der Waals surface area contributed by atoms with E-state index in [1.165, 1.54) is 18.2 Å². The van der Waals surface area contributed by atoms with Gasteiger partial charge in [-0.1, -0.05) is 36.8 Å². The van der Waals surface area contributed by atoms with Crippen LogP contribution in [0, 0.1) is 12.7 Å². The molecule has 112 valence electrons. The number of aryl methyl sites for hydroxylation is 1. The van der Waals surface area contributed by atoms with Crippen LogP contribution in [0.4, 0.5) is 17.6 Å². The van der Waals surface area contributed by atoms with Gasteiger partial charge in [0.1, 0.15) is 5.82 Å². The molecule has 0 saturated carbocycles. The third kappa shape index (κ3) is 3.84. The zero-order valence-electron chi connectivity index (χ0n) is 11.8. The lowest BCUT2D eigenvalue weighted by Crippen LogP contribution is -2.11. The van der Waals surface area contributed by atoms with Crippen molar-refractivity contribution in [3.8, 4) is 0 Å². The van der Waals surface area contributed by atoms with E-state index in [2.05, 4.69) is 0 Å². The van der Waals surface area contributed by atoms with Crippen molar-refractivity contribution in [2.75, 3.05) is 0 Å². The summed E-state index contributed by atoms with van der Waals surface area (Å²) in [5.41, 5.74) is 1.30. The van der Waals surface area contributed by atoms with Crippen LogP contribution in [0.3, 0.4) is 0 Å². The Bertz CT molecular complexity index is 612. The summed E-state index contributed by atoms with van der Waals surface area (Å²) in [5.74, 6) is -0.467. The zero-order valence-corrected chi connectivity index (χ0v) is 11.8. The smallest absolute Gasteiger partial charge is 0.207 e. The molecule has 1 atom stereocenters. The highest BCUT2D eigenvalue weighted by molar-refractivity contribution is 5.35. The van der Waals surface area contributed by atoms with Crippen molar-refractivity contribution < 1.29 is 17.6 Å². The quantitative estimate of drug-likeness (QED) is 0.656. The van der Waals surface area contributed by atoms with Crippen molar-refractivity contribution in [1.82, 2.24) is 0 Å². The first-order valence-corrected chi connectivity index (χ1v) is 6.69.